The standard InChI is InChI=1S/C15H22N2O3/c1-3-4-13(16)15(20)17(10-9-14(18)19)12-7-5-11(2)6-8-12/h5-8,13H,3-4,9-10,16H2,1-2H3,(H,18,19)/t13-/m1/s1. The van der Waals surface area contributed by atoms with E-state index in [-0.39, 0.29) is 18.9 Å². The number of carboxylic acid groups (broad SMARTS) is 1. The van der Waals surface area contributed by atoms with Crippen molar-refractivity contribution in [3.63, 3.8) is 0 Å². The van der Waals surface area contributed by atoms with Crippen LogP contribution >= 0.6 is 0 Å². The van der Waals surface area contributed by atoms with Crippen molar-refractivity contribution in [2.75, 3.05) is 11.4 Å². The molecule has 1 rings (SSSR count). The van der Waals surface area contributed by atoms with Crippen molar-refractivity contribution >= 4 is 17.6 Å². The van der Waals surface area contributed by atoms with Crippen LogP contribution in [0.1, 0.15) is 31.7 Å². The SMILES string of the molecule is CCC[C@@H](N)C(=O)N(CCC(=O)O)c1ccc(C)cc1. The summed E-state index contributed by atoms with van der Waals surface area (Å²) < 4.78 is 0. The Balaban J connectivity index is 2.92. The van der Waals surface area contributed by atoms with Crippen molar-refractivity contribution in [3.8, 4) is 0 Å². The van der Waals surface area contributed by atoms with Gasteiger partial charge < -0.3 is 15.7 Å². The minimum Gasteiger partial charge on any atom is -0.481 e. The third-order valence-corrected chi connectivity index (χ3v) is 3.08. The van der Waals surface area contributed by atoms with E-state index in [1.54, 1.807) is 0 Å². The molecular formula is C15H22N2O3. The Morgan fingerprint density at radius 3 is 2.40 bits per heavy atom. The minimum absolute atomic E-state index is 0.0987. The number of aliphatic carboxylic acids is 1. The van der Waals surface area contributed by atoms with Crippen LogP contribution < -0.4 is 10.6 Å². The molecule has 0 aliphatic heterocycles. The first kappa shape index (κ1) is 16.2. The molecular weight excluding hydrogens is 256 g/mol. The zero-order chi connectivity index (χ0) is 15.1. The summed E-state index contributed by atoms with van der Waals surface area (Å²) in [5.74, 6) is -1.16. The molecule has 0 heterocycles. The van der Waals surface area contributed by atoms with Crippen LogP contribution in [-0.4, -0.2) is 29.6 Å². The maximum Gasteiger partial charge on any atom is 0.305 e. The molecule has 0 unspecified atom stereocenters. The normalized spacial score (nSPS) is 11.9. The molecule has 20 heavy (non-hydrogen) atoms. The molecule has 5 nitrogen and oxygen atoms in total. The minimum atomic E-state index is -0.932. The molecule has 0 fully saturated rings. The third kappa shape index (κ3) is 4.66. The fourth-order valence-corrected chi connectivity index (χ4v) is 1.93. The zero-order valence-electron chi connectivity index (χ0n) is 12.0. The van der Waals surface area contributed by atoms with Crippen molar-refractivity contribution < 1.29 is 14.7 Å². The number of nitrogens with zero attached hydrogens (tertiary/aromatic N) is 1. The van der Waals surface area contributed by atoms with Crippen LogP contribution in [0.5, 0.6) is 0 Å². The van der Waals surface area contributed by atoms with Crippen LogP contribution in [0, 0.1) is 6.92 Å². The summed E-state index contributed by atoms with van der Waals surface area (Å²) in [4.78, 5) is 24.5. The highest BCUT2D eigenvalue weighted by atomic mass is 16.4. The quantitative estimate of drug-likeness (QED) is 0.798. The third-order valence-electron chi connectivity index (χ3n) is 3.08. The molecule has 1 amide bonds. The molecule has 0 saturated carbocycles. The van der Waals surface area contributed by atoms with E-state index in [4.69, 9.17) is 10.8 Å². The molecule has 0 bridgehead atoms. The van der Waals surface area contributed by atoms with E-state index in [2.05, 4.69) is 0 Å². The van der Waals surface area contributed by atoms with Crippen LogP contribution in [0.15, 0.2) is 24.3 Å². The van der Waals surface area contributed by atoms with Crippen LogP contribution in [0.2, 0.25) is 0 Å². The predicted molar refractivity (Wildman–Crippen MR) is 78.7 cm³/mol. The molecule has 3 N–H and O–H groups in total. The first-order valence-electron chi connectivity index (χ1n) is 6.81. The average molecular weight is 278 g/mol. The lowest BCUT2D eigenvalue weighted by Crippen LogP contribution is -2.44. The zero-order valence-corrected chi connectivity index (χ0v) is 12.0. The molecule has 1 atom stereocenters. The second kappa shape index (κ2) is 7.65. The fourth-order valence-electron chi connectivity index (χ4n) is 1.93. The number of nitrogens with two attached hydrogens (primary N) is 1. The lowest BCUT2D eigenvalue weighted by molar-refractivity contribution is -0.136. The lowest BCUT2D eigenvalue weighted by Gasteiger charge is -2.25. The summed E-state index contributed by atoms with van der Waals surface area (Å²) in [6.07, 6.45) is 1.31. The predicted octanol–water partition coefficient (Wildman–Crippen LogP) is 1.93. The van der Waals surface area contributed by atoms with Gasteiger partial charge in [-0.25, -0.2) is 0 Å². The number of aryl methyl sites for hydroxylation is 1. The summed E-state index contributed by atoms with van der Waals surface area (Å²) in [5.41, 5.74) is 7.63. The Morgan fingerprint density at radius 1 is 1.30 bits per heavy atom. The average Bonchev–Trinajstić information content (AvgIpc) is 2.40. The summed E-state index contributed by atoms with van der Waals surface area (Å²) in [5, 5.41) is 8.81. The number of benzene rings is 1. The molecule has 110 valence electrons. The van der Waals surface area contributed by atoms with Gasteiger partial charge in [0.25, 0.3) is 0 Å². The summed E-state index contributed by atoms with van der Waals surface area (Å²) in [7, 11) is 0. The van der Waals surface area contributed by atoms with E-state index < -0.39 is 12.0 Å². The first-order valence-corrected chi connectivity index (χ1v) is 6.81. The van der Waals surface area contributed by atoms with Crippen LogP contribution in [-0.2, 0) is 9.59 Å². The van der Waals surface area contributed by atoms with Gasteiger partial charge in [0.1, 0.15) is 0 Å². The molecule has 0 aliphatic carbocycles. The number of anilines is 1. The van der Waals surface area contributed by atoms with Gasteiger partial charge in [0.2, 0.25) is 5.91 Å². The number of carboxylic acids is 1. The van der Waals surface area contributed by atoms with Crippen molar-refractivity contribution in [1.29, 1.82) is 0 Å². The number of rotatable bonds is 7. The Labute approximate surface area is 119 Å². The Hall–Kier alpha value is -1.88. The molecule has 0 radical (unpaired) electrons. The molecule has 0 aliphatic rings. The maximum absolute atomic E-state index is 12.3. The van der Waals surface area contributed by atoms with Crippen molar-refractivity contribution in [2.45, 2.75) is 39.2 Å². The Kier molecular flexibility index (Phi) is 6.18. The summed E-state index contributed by atoms with van der Waals surface area (Å²) >= 11 is 0. The topological polar surface area (TPSA) is 83.6 Å². The van der Waals surface area contributed by atoms with Crippen LogP contribution in [0.3, 0.4) is 0 Å². The second-order valence-electron chi connectivity index (χ2n) is 4.86. The van der Waals surface area contributed by atoms with E-state index in [0.29, 0.717) is 12.1 Å². The molecule has 1 aromatic rings. The van der Waals surface area contributed by atoms with Gasteiger partial charge in [0.15, 0.2) is 0 Å². The number of hydrogen-bond donors (Lipinski definition) is 2. The molecule has 0 aromatic heterocycles. The van der Waals surface area contributed by atoms with E-state index in [9.17, 15) is 9.59 Å². The van der Waals surface area contributed by atoms with Gasteiger partial charge in [-0.2, -0.15) is 0 Å². The highest BCUT2D eigenvalue weighted by Crippen LogP contribution is 2.17. The monoisotopic (exact) mass is 278 g/mol. The lowest BCUT2D eigenvalue weighted by atomic mass is 10.1. The Morgan fingerprint density at radius 2 is 1.90 bits per heavy atom. The van der Waals surface area contributed by atoms with Gasteiger partial charge in [-0.15, -0.1) is 0 Å². The van der Waals surface area contributed by atoms with Gasteiger partial charge >= 0.3 is 5.97 Å². The number of amides is 1. The van der Waals surface area contributed by atoms with Crippen LogP contribution in [0.25, 0.3) is 0 Å². The second-order valence-corrected chi connectivity index (χ2v) is 4.86. The van der Waals surface area contributed by atoms with Gasteiger partial charge in [0, 0.05) is 12.2 Å². The van der Waals surface area contributed by atoms with Gasteiger partial charge in [-0.3, -0.25) is 9.59 Å². The van der Waals surface area contributed by atoms with E-state index in [1.807, 2.05) is 38.1 Å². The van der Waals surface area contributed by atoms with E-state index in [1.165, 1.54) is 4.90 Å². The maximum atomic E-state index is 12.3. The summed E-state index contributed by atoms with van der Waals surface area (Å²) in [6, 6.07) is 6.82. The molecule has 1 aromatic carbocycles. The van der Waals surface area contributed by atoms with Gasteiger partial charge in [-0.05, 0) is 25.5 Å². The highest BCUT2D eigenvalue weighted by Gasteiger charge is 2.22. The van der Waals surface area contributed by atoms with E-state index in [0.717, 1.165) is 12.0 Å². The van der Waals surface area contributed by atoms with Crippen LogP contribution in [0.4, 0.5) is 5.69 Å². The smallest absolute Gasteiger partial charge is 0.305 e. The number of carbonyl (C=O) groups excluding carboxylic acids is 1. The molecule has 5 heteroatoms. The van der Waals surface area contributed by atoms with E-state index >= 15 is 0 Å². The van der Waals surface area contributed by atoms with Crippen molar-refractivity contribution in [1.82, 2.24) is 0 Å². The number of carbonyl (C=O) groups is 2. The largest absolute Gasteiger partial charge is 0.481 e. The van der Waals surface area contributed by atoms with Gasteiger partial charge in [0.05, 0.1) is 12.5 Å². The summed E-state index contributed by atoms with van der Waals surface area (Å²) in [6.45, 7) is 4.05. The van der Waals surface area contributed by atoms with Crippen molar-refractivity contribution in [3.05, 3.63) is 29.8 Å². The Bertz CT molecular complexity index is 457. The number of hydrogen-bond acceptors (Lipinski definition) is 3. The molecule has 0 spiro atoms. The first-order chi connectivity index (χ1) is 9.45. The van der Waals surface area contributed by atoms with Crippen molar-refractivity contribution in [2.24, 2.45) is 5.73 Å². The van der Waals surface area contributed by atoms with Gasteiger partial charge in [-0.1, -0.05) is 31.0 Å². The molecule has 0 saturated heterocycles. The fraction of sp³-hybridized carbons (Fsp3) is 0.467. The highest BCUT2D eigenvalue weighted by molar-refractivity contribution is 5.97.